The fourth-order valence-electron chi connectivity index (χ4n) is 4.27. The average Bonchev–Trinajstić information content (AvgIpc) is 2.94. The summed E-state index contributed by atoms with van der Waals surface area (Å²) in [5, 5.41) is 4.01. The van der Waals surface area contributed by atoms with Crippen molar-refractivity contribution in [3.05, 3.63) is 106 Å². The Kier molecular flexibility index (Phi) is 7.74. The van der Waals surface area contributed by atoms with Crippen molar-refractivity contribution < 1.29 is 23.9 Å². The minimum absolute atomic E-state index is 0.178. The van der Waals surface area contributed by atoms with Gasteiger partial charge in [-0.1, -0.05) is 71.4 Å². The Labute approximate surface area is 234 Å². The molecular formula is C31H25BrN2O5. The van der Waals surface area contributed by atoms with Gasteiger partial charge in [0.05, 0.1) is 12.3 Å². The monoisotopic (exact) mass is 584 g/mol. The summed E-state index contributed by atoms with van der Waals surface area (Å²) >= 11 is 3.54. The van der Waals surface area contributed by atoms with Crippen LogP contribution >= 0.6 is 15.9 Å². The number of hydrogen-bond acceptors (Lipinski definition) is 5. The van der Waals surface area contributed by atoms with E-state index in [1.165, 1.54) is 6.08 Å². The molecule has 0 radical (unpaired) electrons. The highest BCUT2D eigenvalue weighted by molar-refractivity contribution is 9.10. The minimum atomic E-state index is -0.812. The van der Waals surface area contributed by atoms with Crippen LogP contribution in [0.15, 0.2) is 95.0 Å². The van der Waals surface area contributed by atoms with Crippen LogP contribution in [-0.2, 0) is 16.2 Å². The van der Waals surface area contributed by atoms with E-state index in [2.05, 4.69) is 21.2 Å². The third-order valence-electron chi connectivity index (χ3n) is 6.23. The van der Waals surface area contributed by atoms with Gasteiger partial charge in [-0.15, -0.1) is 0 Å². The maximum atomic E-state index is 13.6. The lowest BCUT2D eigenvalue weighted by atomic mass is 9.99. The summed E-state index contributed by atoms with van der Waals surface area (Å²) in [5.74, 6) is -0.372. The number of rotatable bonds is 8. The number of ether oxygens (including phenoxy) is 2. The molecule has 4 aromatic carbocycles. The van der Waals surface area contributed by atoms with Crippen LogP contribution in [0.25, 0.3) is 16.8 Å². The number of nitrogens with one attached hydrogen (secondary N) is 1. The number of fused-ring (bicyclic) bond motifs is 1. The van der Waals surface area contributed by atoms with Gasteiger partial charge in [0.15, 0.2) is 0 Å². The second kappa shape index (κ2) is 11.5. The highest BCUT2D eigenvalue weighted by Gasteiger charge is 2.37. The average molecular weight is 585 g/mol. The number of carbonyl (C=O) groups is 3. The first-order chi connectivity index (χ1) is 19.0. The summed E-state index contributed by atoms with van der Waals surface area (Å²) in [6, 6.07) is 24.9. The molecule has 4 amide bonds. The quantitative estimate of drug-likeness (QED) is 0.185. The van der Waals surface area contributed by atoms with E-state index in [4.69, 9.17) is 9.47 Å². The molecule has 1 heterocycles. The molecule has 196 valence electrons. The number of barbiturate groups is 1. The molecular weight excluding hydrogens is 560 g/mol. The van der Waals surface area contributed by atoms with Gasteiger partial charge >= 0.3 is 6.03 Å². The molecule has 0 saturated carbocycles. The summed E-state index contributed by atoms with van der Waals surface area (Å²) in [4.78, 5) is 40.2. The number of nitrogens with zero attached hydrogens (tertiary/aromatic N) is 1. The Morgan fingerprint density at radius 3 is 2.38 bits per heavy atom. The van der Waals surface area contributed by atoms with Gasteiger partial charge in [-0.3, -0.25) is 14.9 Å². The fourth-order valence-corrected chi connectivity index (χ4v) is 4.67. The zero-order valence-electron chi connectivity index (χ0n) is 21.1. The van der Waals surface area contributed by atoms with E-state index < -0.39 is 17.8 Å². The second-order valence-corrected chi connectivity index (χ2v) is 9.73. The Bertz CT molecular complexity index is 1600. The molecule has 1 aliphatic rings. The van der Waals surface area contributed by atoms with Gasteiger partial charge in [0.25, 0.3) is 11.8 Å². The molecule has 5 rings (SSSR count). The maximum Gasteiger partial charge on any atom is 0.335 e. The van der Waals surface area contributed by atoms with Gasteiger partial charge < -0.3 is 9.47 Å². The van der Waals surface area contributed by atoms with Crippen LogP contribution in [0.5, 0.6) is 11.5 Å². The fraction of sp³-hybridized carbons (Fsp3) is 0.129. The summed E-state index contributed by atoms with van der Waals surface area (Å²) in [6.07, 6.45) is 2.35. The van der Waals surface area contributed by atoms with E-state index in [0.717, 1.165) is 32.1 Å². The van der Waals surface area contributed by atoms with Crippen LogP contribution in [0.2, 0.25) is 0 Å². The predicted molar refractivity (Wildman–Crippen MR) is 154 cm³/mol. The van der Waals surface area contributed by atoms with E-state index in [9.17, 15) is 14.4 Å². The topological polar surface area (TPSA) is 84.9 Å². The van der Waals surface area contributed by atoms with Gasteiger partial charge in [0, 0.05) is 15.6 Å². The van der Waals surface area contributed by atoms with Gasteiger partial charge in [-0.25, -0.2) is 9.69 Å². The largest absolute Gasteiger partial charge is 0.494 e. The normalized spacial score (nSPS) is 14.6. The van der Waals surface area contributed by atoms with Gasteiger partial charge in [-0.2, -0.15) is 0 Å². The molecule has 4 aromatic rings. The number of urea groups is 1. The summed E-state index contributed by atoms with van der Waals surface area (Å²) in [7, 11) is 0. The molecule has 7 nitrogen and oxygen atoms in total. The number of amides is 4. The Morgan fingerprint density at radius 2 is 1.62 bits per heavy atom. The van der Waals surface area contributed by atoms with Crippen molar-refractivity contribution in [1.29, 1.82) is 0 Å². The molecule has 0 bridgehead atoms. The van der Waals surface area contributed by atoms with E-state index in [1.54, 1.807) is 24.3 Å². The molecule has 0 unspecified atom stereocenters. The summed E-state index contributed by atoms with van der Waals surface area (Å²) < 4.78 is 12.7. The second-order valence-electron chi connectivity index (χ2n) is 8.88. The number of halogens is 1. The van der Waals surface area contributed by atoms with Crippen molar-refractivity contribution in [2.75, 3.05) is 11.5 Å². The van der Waals surface area contributed by atoms with E-state index >= 15 is 0 Å². The Hall–Kier alpha value is -4.43. The highest BCUT2D eigenvalue weighted by atomic mass is 79.9. The van der Waals surface area contributed by atoms with Crippen LogP contribution in [0.3, 0.4) is 0 Å². The lowest BCUT2D eigenvalue weighted by molar-refractivity contribution is -0.122. The Balaban J connectivity index is 1.53. The van der Waals surface area contributed by atoms with Gasteiger partial charge in [0.2, 0.25) is 0 Å². The van der Waals surface area contributed by atoms with Crippen molar-refractivity contribution in [2.24, 2.45) is 0 Å². The van der Waals surface area contributed by atoms with Crippen LogP contribution in [0.4, 0.5) is 10.5 Å². The smallest absolute Gasteiger partial charge is 0.335 e. The molecule has 8 heteroatoms. The van der Waals surface area contributed by atoms with Gasteiger partial charge in [-0.05, 0) is 59.7 Å². The van der Waals surface area contributed by atoms with Crippen LogP contribution in [0.1, 0.15) is 24.5 Å². The predicted octanol–water partition coefficient (Wildman–Crippen LogP) is 6.64. The molecule has 0 aromatic heterocycles. The third-order valence-corrected chi connectivity index (χ3v) is 7.00. The molecule has 39 heavy (non-hydrogen) atoms. The van der Waals surface area contributed by atoms with Crippen molar-refractivity contribution in [3.8, 4) is 11.5 Å². The first-order valence-electron chi connectivity index (χ1n) is 12.5. The van der Waals surface area contributed by atoms with E-state index in [1.807, 2.05) is 67.6 Å². The minimum Gasteiger partial charge on any atom is -0.494 e. The van der Waals surface area contributed by atoms with Gasteiger partial charge in [0.1, 0.15) is 23.7 Å². The maximum absolute atomic E-state index is 13.6. The lowest BCUT2D eigenvalue weighted by Crippen LogP contribution is -2.54. The zero-order chi connectivity index (χ0) is 27.4. The lowest BCUT2D eigenvalue weighted by Gasteiger charge is -2.26. The molecule has 0 spiro atoms. The summed E-state index contributed by atoms with van der Waals surface area (Å²) in [6.45, 7) is 2.83. The highest BCUT2D eigenvalue weighted by Crippen LogP contribution is 2.33. The summed E-state index contributed by atoms with van der Waals surface area (Å²) in [5.41, 5.74) is 1.65. The third kappa shape index (κ3) is 5.56. The van der Waals surface area contributed by atoms with Crippen LogP contribution in [0, 0.1) is 0 Å². The standard InChI is InChI=1S/C31H25BrN2O5/c1-2-17-38-23-14-12-22(13-15-23)34-30(36)26(29(35)33-31(34)37)18-25-24-9-5-3-7-20(24)11-16-28(25)39-19-21-8-4-6-10-27(21)32/h3-16,18H,2,17,19H2,1H3,(H,33,35,37)/b26-18-. The number of benzene rings is 4. The molecule has 1 N–H and O–H groups in total. The number of anilines is 1. The first kappa shape index (κ1) is 26.2. The van der Waals surface area contributed by atoms with Crippen LogP contribution < -0.4 is 19.7 Å². The van der Waals surface area contributed by atoms with Crippen molar-refractivity contribution in [2.45, 2.75) is 20.0 Å². The molecule has 1 aliphatic heterocycles. The molecule has 0 atom stereocenters. The van der Waals surface area contributed by atoms with Crippen LogP contribution in [-0.4, -0.2) is 24.5 Å². The Morgan fingerprint density at radius 1 is 0.872 bits per heavy atom. The van der Waals surface area contributed by atoms with Crippen molar-refractivity contribution >= 4 is 56.3 Å². The SMILES string of the molecule is CCCOc1ccc(N2C(=O)NC(=O)/C(=C/c3c(OCc4ccccc4Br)ccc4ccccc34)C2=O)cc1. The number of hydrogen-bond donors (Lipinski definition) is 1. The molecule has 1 fully saturated rings. The van der Waals surface area contributed by atoms with Crippen molar-refractivity contribution in [3.63, 3.8) is 0 Å². The van der Waals surface area contributed by atoms with E-state index in [0.29, 0.717) is 29.4 Å². The van der Waals surface area contributed by atoms with Crippen molar-refractivity contribution in [1.82, 2.24) is 5.32 Å². The first-order valence-corrected chi connectivity index (χ1v) is 13.3. The number of carbonyl (C=O) groups excluding carboxylic acids is 3. The zero-order valence-corrected chi connectivity index (χ0v) is 22.7. The number of imide groups is 2. The van der Waals surface area contributed by atoms with E-state index in [-0.39, 0.29) is 12.2 Å². The molecule has 1 saturated heterocycles. The molecule has 0 aliphatic carbocycles.